The summed E-state index contributed by atoms with van der Waals surface area (Å²) in [5.74, 6) is -2.14. The molecule has 308 valence electrons. The van der Waals surface area contributed by atoms with E-state index in [-0.39, 0.29) is 41.4 Å². The van der Waals surface area contributed by atoms with Gasteiger partial charge in [0.2, 0.25) is 17.7 Å². The maximum atomic E-state index is 12.8. The molecule has 3 amide bonds. The fourth-order valence-electron chi connectivity index (χ4n) is 5.11. The van der Waals surface area contributed by atoms with Gasteiger partial charge in [-0.3, -0.25) is 24.0 Å². The third kappa shape index (κ3) is 21.2. The van der Waals surface area contributed by atoms with Crippen LogP contribution in [0.4, 0.5) is 0 Å². The number of esters is 1. The monoisotopic (exact) mass is 769 g/mol. The molecule has 12 nitrogen and oxygen atoms in total. The molecule has 12 heteroatoms. The minimum atomic E-state index is -0.830. The summed E-state index contributed by atoms with van der Waals surface area (Å²) in [7, 11) is 3.34. The third-order valence-electron chi connectivity index (χ3n) is 8.80. The van der Waals surface area contributed by atoms with Gasteiger partial charge in [-0.15, -0.1) is 0 Å². The zero-order valence-electron chi connectivity index (χ0n) is 35.2. The first-order valence-electron chi connectivity index (χ1n) is 19.3. The molecule has 0 aromatic heterocycles. The fourth-order valence-corrected chi connectivity index (χ4v) is 5.11. The van der Waals surface area contributed by atoms with E-state index in [4.69, 9.17) is 9.84 Å². The van der Waals surface area contributed by atoms with Gasteiger partial charge in [0.25, 0.3) is 0 Å². The van der Waals surface area contributed by atoms with Crippen LogP contribution in [-0.2, 0) is 46.3 Å². The van der Waals surface area contributed by atoms with Crippen LogP contribution in [0.15, 0.2) is 60.7 Å². The Hall–Kier alpha value is -4.58. The van der Waals surface area contributed by atoms with E-state index in [0.717, 1.165) is 36.8 Å². The molecule has 2 aromatic rings. The molecule has 0 radical (unpaired) electrons. The zero-order valence-corrected chi connectivity index (χ0v) is 35.2. The first kappa shape index (κ1) is 50.4. The molecule has 55 heavy (non-hydrogen) atoms. The average Bonchev–Trinajstić information content (AvgIpc) is 3.13. The Morgan fingerprint density at radius 3 is 1.55 bits per heavy atom. The van der Waals surface area contributed by atoms with E-state index in [1.165, 1.54) is 11.8 Å². The molecule has 0 saturated carbocycles. The number of benzene rings is 2. The van der Waals surface area contributed by atoms with E-state index in [1.807, 2.05) is 81.4 Å². The third-order valence-corrected chi connectivity index (χ3v) is 8.80. The molecule has 0 spiro atoms. The van der Waals surface area contributed by atoms with Crippen molar-refractivity contribution >= 4 is 35.4 Å². The van der Waals surface area contributed by atoms with Gasteiger partial charge in [0.15, 0.2) is 5.78 Å². The molecule has 0 aliphatic carbocycles. The standard InChI is InChI=1S/C23H36N2O4.C14H20N2O2.C6H12O2/c1-8-12-16(2)21(27)25(7)17(3)20(26)24-19(22(28)29-23(4,5)6)15-18-13-10-9-11-14-18;1-10(15-3)14(18)16-13(11(2)17)9-12-7-5-4-6-8-12;1-3-4-5(2)6(7)8/h9-11,13-14,16-17,19H,8,12,15H2,1-7H3,(H,24,26);4-8,10,13,15H,9H2,1-3H3,(H,16,18);5H,3-4H2,1-2H3,(H,7,8)/t16-,17+,19+;10-,13-;5-/m010/s1. The fraction of sp³-hybridized carbons (Fsp3) is 0.581. The maximum Gasteiger partial charge on any atom is 0.329 e. The lowest BCUT2D eigenvalue weighted by molar-refractivity contribution is -0.159. The number of carboxylic acid groups (broad SMARTS) is 1. The first-order valence-corrected chi connectivity index (χ1v) is 19.3. The quantitative estimate of drug-likeness (QED) is 0.138. The molecular formula is C43H68N4O8. The van der Waals surface area contributed by atoms with Crippen molar-refractivity contribution in [2.45, 2.75) is 138 Å². The number of likely N-dealkylation sites (N-methyl/N-ethyl adjacent to an activating group) is 2. The Labute approximate surface area is 329 Å². The summed E-state index contributed by atoms with van der Waals surface area (Å²) in [5, 5.41) is 16.7. The Morgan fingerprint density at radius 2 is 1.16 bits per heavy atom. The summed E-state index contributed by atoms with van der Waals surface area (Å²) < 4.78 is 5.50. The lowest BCUT2D eigenvalue weighted by Crippen LogP contribution is -2.53. The number of hydrogen-bond acceptors (Lipinski definition) is 8. The summed E-state index contributed by atoms with van der Waals surface area (Å²) in [6.45, 7) is 17.9. The van der Waals surface area contributed by atoms with Gasteiger partial charge in [-0.25, -0.2) is 4.79 Å². The number of carbonyl (C=O) groups excluding carboxylic acids is 5. The Balaban J connectivity index is 0.000000945. The largest absolute Gasteiger partial charge is 0.481 e. The van der Waals surface area contributed by atoms with Gasteiger partial charge in [0.1, 0.15) is 17.7 Å². The molecule has 0 bridgehead atoms. The van der Waals surface area contributed by atoms with Crippen molar-refractivity contribution in [2.75, 3.05) is 14.1 Å². The number of hydrogen-bond donors (Lipinski definition) is 4. The highest BCUT2D eigenvalue weighted by atomic mass is 16.6. The second-order valence-electron chi connectivity index (χ2n) is 15.0. The second-order valence-corrected chi connectivity index (χ2v) is 15.0. The van der Waals surface area contributed by atoms with Gasteiger partial charge in [-0.1, -0.05) is 101 Å². The minimum Gasteiger partial charge on any atom is -0.481 e. The van der Waals surface area contributed by atoms with E-state index in [2.05, 4.69) is 16.0 Å². The van der Waals surface area contributed by atoms with Gasteiger partial charge in [-0.2, -0.15) is 0 Å². The summed E-state index contributed by atoms with van der Waals surface area (Å²) >= 11 is 0. The van der Waals surface area contributed by atoms with Crippen molar-refractivity contribution in [3.63, 3.8) is 0 Å². The molecular weight excluding hydrogens is 700 g/mol. The van der Waals surface area contributed by atoms with Crippen molar-refractivity contribution in [3.05, 3.63) is 71.8 Å². The van der Waals surface area contributed by atoms with Gasteiger partial charge in [0.05, 0.1) is 18.0 Å². The number of rotatable bonds is 18. The predicted octanol–water partition coefficient (Wildman–Crippen LogP) is 5.76. The van der Waals surface area contributed by atoms with E-state index < -0.39 is 35.7 Å². The van der Waals surface area contributed by atoms with Gasteiger partial charge in [-0.05, 0) is 79.0 Å². The average molecular weight is 769 g/mol. The van der Waals surface area contributed by atoms with Crippen molar-refractivity contribution in [3.8, 4) is 0 Å². The second kappa shape index (κ2) is 26.3. The SMILES string of the molecule is CCC[C@H](C)C(=O)N(C)[C@H](C)C(=O)N[C@H](Cc1ccccc1)C(=O)OC(C)(C)C.CCC[C@H](C)C(=O)O.CN[C@H](C)C(=O)N[C@H](Cc1ccccc1)C(C)=O. The van der Waals surface area contributed by atoms with Gasteiger partial charge < -0.3 is 30.7 Å². The lowest BCUT2D eigenvalue weighted by Gasteiger charge is -2.29. The van der Waals surface area contributed by atoms with Crippen molar-refractivity contribution in [1.29, 1.82) is 0 Å². The maximum absolute atomic E-state index is 12.8. The molecule has 4 N–H and O–H groups in total. The van der Waals surface area contributed by atoms with Crippen LogP contribution in [0.3, 0.4) is 0 Å². The van der Waals surface area contributed by atoms with Crippen LogP contribution in [0.2, 0.25) is 0 Å². The van der Waals surface area contributed by atoms with Crippen molar-refractivity contribution in [2.24, 2.45) is 11.8 Å². The molecule has 2 aromatic carbocycles. The topological polar surface area (TPSA) is 171 Å². The summed E-state index contributed by atoms with van der Waals surface area (Å²) in [5.41, 5.74) is 1.29. The van der Waals surface area contributed by atoms with Crippen LogP contribution < -0.4 is 16.0 Å². The number of carboxylic acids is 1. The van der Waals surface area contributed by atoms with Crippen LogP contribution in [0.5, 0.6) is 0 Å². The number of aliphatic carboxylic acids is 1. The van der Waals surface area contributed by atoms with Crippen molar-refractivity contribution in [1.82, 2.24) is 20.9 Å². The first-order chi connectivity index (χ1) is 25.7. The van der Waals surface area contributed by atoms with E-state index in [0.29, 0.717) is 12.8 Å². The molecule has 0 saturated heterocycles. The Morgan fingerprint density at radius 1 is 0.727 bits per heavy atom. The molecule has 0 heterocycles. The number of Topliss-reactive ketones (excluding diaryl/α,β-unsaturated/α-hetero) is 1. The highest BCUT2D eigenvalue weighted by Gasteiger charge is 2.31. The molecule has 2 rings (SSSR count). The summed E-state index contributed by atoms with van der Waals surface area (Å²) in [6.07, 6.45) is 4.25. The Bertz CT molecular complexity index is 1460. The summed E-state index contributed by atoms with van der Waals surface area (Å²) in [4.78, 5) is 72.9. The number of carbonyl (C=O) groups is 6. The van der Waals surface area contributed by atoms with Crippen LogP contribution in [0.1, 0.15) is 106 Å². The Kier molecular flexibility index (Phi) is 24.1. The molecule has 0 fully saturated rings. The number of ether oxygens (including phenoxy) is 1. The minimum absolute atomic E-state index is 0.0319. The van der Waals surface area contributed by atoms with Gasteiger partial charge in [0, 0.05) is 19.4 Å². The number of ketones is 1. The van der Waals surface area contributed by atoms with Crippen LogP contribution >= 0.6 is 0 Å². The lowest BCUT2D eigenvalue weighted by atomic mass is 10.0. The van der Waals surface area contributed by atoms with E-state index in [1.54, 1.807) is 55.6 Å². The summed E-state index contributed by atoms with van der Waals surface area (Å²) in [6, 6.07) is 16.8. The normalized spacial score (nSPS) is 14.0. The van der Waals surface area contributed by atoms with Crippen LogP contribution in [0, 0.1) is 11.8 Å². The van der Waals surface area contributed by atoms with Crippen LogP contribution in [-0.4, -0.2) is 89.3 Å². The van der Waals surface area contributed by atoms with E-state index >= 15 is 0 Å². The highest BCUT2D eigenvalue weighted by molar-refractivity contribution is 5.91. The molecule has 0 aliphatic rings. The molecule has 0 aliphatic heterocycles. The van der Waals surface area contributed by atoms with Gasteiger partial charge >= 0.3 is 11.9 Å². The van der Waals surface area contributed by atoms with E-state index in [9.17, 15) is 28.8 Å². The molecule has 6 atom stereocenters. The highest BCUT2D eigenvalue weighted by Crippen LogP contribution is 2.14. The van der Waals surface area contributed by atoms with Crippen LogP contribution in [0.25, 0.3) is 0 Å². The number of nitrogens with one attached hydrogen (secondary N) is 3. The van der Waals surface area contributed by atoms with Crippen molar-refractivity contribution < 1.29 is 38.6 Å². The zero-order chi connectivity index (χ0) is 42.3. The molecule has 0 unspecified atom stereocenters. The predicted molar refractivity (Wildman–Crippen MR) is 217 cm³/mol. The number of nitrogens with zero attached hydrogens (tertiary/aromatic N) is 1. The smallest absolute Gasteiger partial charge is 0.329 e. The number of amides is 3.